The molecule has 1 fully saturated rings. The number of hydrogen-bond donors (Lipinski definition) is 0. The number of rotatable bonds is 6. The molecule has 0 unspecified atom stereocenters. The fourth-order valence-electron chi connectivity index (χ4n) is 2.98. The van der Waals surface area contributed by atoms with Crippen LogP contribution in [0.3, 0.4) is 0 Å². The van der Waals surface area contributed by atoms with Crippen LogP contribution >= 0.6 is 0 Å². The number of benzene rings is 1. The van der Waals surface area contributed by atoms with Gasteiger partial charge in [0.2, 0.25) is 0 Å². The van der Waals surface area contributed by atoms with Gasteiger partial charge in [-0.2, -0.15) is 0 Å². The second kappa shape index (κ2) is 7.22. The van der Waals surface area contributed by atoms with E-state index in [4.69, 9.17) is 9.15 Å². The van der Waals surface area contributed by atoms with Crippen molar-refractivity contribution in [1.82, 2.24) is 14.8 Å². The predicted octanol–water partition coefficient (Wildman–Crippen LogP) is 2.02. The van der Waals surface area contributed by atoms with Gasteiger partial charge in [0.1, 0.15) is 5.52 Å². The number of fused-ring (bicyclic) bond motifs is 1. The summed E-state index contributed by atoms with van der Waals surface area (Å²) in [6, 6.07) is 7.94. The standard InChI is InChI=1S/C17H25N3O2/c1-19(2)12-14-13-20(10-11-21-14)9-5-8-17-18-15-6-3-4-7-16(15)22-17/h3-4,6-7,14H,5,8-13H2,1-2H3/t14-/m1/s1. The fraction of sp³-hybridized carbons (Fsp3) is 0.588. The predicted molar refractivity (Wildman–Crippen MR) is 87.1 cm³/mol. The lowest BCUT2D eigenvalue weighted by molar-refractivity contribution is -0.0382. The van der Waals surface area contributed by atoms with Gasteiger partial charge in [-0.3, -0.25) is 4.90 Å². The maximum Gasteiger partial charge on any atom is 0.195 e. The summed E-state index contributed by atoms with van der Waals surface area (Å²) in [5.74, 6) is 0.847. The average Bonchev–Trinajstić information content (AvgIpc) is 2.89. The SMILES string of the molecule is CN(C)C[C@@H]1CN(CCCc2nc3ccccc3o2)CCO1. The summed E-state index contributed by atoms with van der Waals surface area (Å²) in [4.78, 5) is 9.21. The number of ether oxygens (including phenoxy) is 1. The molecule has 120 valence electrons. The highest BCUT2D eigenvalue weighted by molar-refractivity contribution is 5.72. The Hall–Kier alpha value is -1.43. The average molecular weight is 303 g/mol. The summed E-state index contributed by atoms with van der Waals surface area (Å²) in [5.41, 5.74) is 1.84. The molecule has 2 aromatic rings. The van der Waals surface area contributed by atoms with Crippen LogP contribution in [0.25, 0.3) is 11.1 Å². The van der Waals surface area contributed by atoms with Crippen molar-refractivity contribution in [3.63, 3.8) is 0 Å². The molecule has 1 aromatic heterocycles. The minimum absolute atomic E-state index is 0.327. The normalized spacial score (nSPS) is 20.0. The monoisotopic (exact) mass is 303 g/mol. The van der Waals surface area contributed by atoms with Crippen LogP contribution in [0.4, 0.5) is 0 Å². The lowest BCUT2D eigenvalue weighted by Gasteiger charge is -2.34. The first kappa shape index (κ1) is 15.5. The molecule has 0 bridgehead atoms. The summed E-state index contributed by atoms with van der Waals surface area (Å²) in [6.07, 6.45) is 2.29. The summed E-state index contributed by atoms with van der Waals surface area (Å²) in [5, 5.41) is 0. The molecule has 1 saturated heterocycles. The van der Waals surface area contributed by atoms with Crippen LogP contribution < -0.4 is 0 Å². The van der Waals surface area contributed by atoms with E-state index in [1.807, 2.05) is 24.3 Å². The second-order valence-corrected chi connectivity index (χ2v) is 6.23. The molecule has 0 N–H and O–H groups in total. The molecule has 1 aromatic carbocycles. The van der Waals surface area contributed by atoms with E-state index in [0.29, 0.717) is 6.10 Å². The van der Waals surface area contributed by atoms with Crippen LogP contribution in [0.1, 0.15) is 12.3 Å². The molecule has 1 aliphatic rings. The van der Waals surface area contributed by atoms with E-state index in [0.717, 1.165) is 62.6 Å². The Morgan fingerprint density at radius 3 is 3.00 bits per heavy atom. The van der Waals surface area contributed by atoms with E-state index >= 15 is 0 Å². The van der Waals surface area contributed by atoms with Gasteiger partial charge in [0.15, 0.2) is 11.5 Å². The first-order valence-corrected chi connectivity index (χ1v) is 8.04. The largest absolute Gasteiger partial charge is 0.441 e. The Kier molecular flexibility index (Phi) is 5.08. The van der Waals surface area contributed by atoms with Crippen LogP contribution in [-0.4, -0.2) is 67.8 Å². The zero-order valence-corrected chi connectivity index (χ0v) is 13.5. The van der Waals surface area contributed by atoms with Crippen molar-refractivity contribution in [1.29, 1.82) is 0 Å². The van der Waals surface area contributed by atoms with Gasteiger partial charge in [0.05, 0.1) is 12.7 Å². The summed E-state index contributed by atoms with van der Waals surface area (Å²) >= 11 is 0. The van der Waals surface area contributed by atoms with E-state index in [9.17, 15) is 0 Å². The zero-order valence-electron chi connectivity index (χ0n) is 13.5. The molecule has 0 radical (unpaired) electrons. The number of oxazole rings is 1. The topological polar surface area (TPSA) is 41.7 Å². The Balaban J connectivity index is 1.46. The molecule has 0 aliphatic carbocycles. The van der Waals surface area contributed by atoms with Gasteiger partial charge >= 0.3 is 0 Å². The highest BCUT2D eigenvalue weighted by Crippen LogP contribution is 2.16. The van der Waals surface area contributed by atoms with Gasteiger partial charge in [-0.1, -0.05) is 12.1 Å². The number of hydrogen-bond acceptors (Lipinski definition) is 5. The van der Waals surface area contributed by atoms with Crippen LogP contribution in [0.5, 0.6) is 0 Å². The first-order chi connectivity index (χ1) is 10.7. The molecule has 5 heteroatoms. The number of para-hydroxylation sites is 2. The molecule has 0 spiro atoms. The Morgan fingerprint density at radius 1 is 1.32 bits per heavy atom. The Labute approximate surface area is 131 Å². The van der Waals surface area contributed by atoms with Crippen LogP contribution in [0.2, 0.25) is 0 Å². The van der Waals surface area contributed by atoms with Gasteiger partial charge in [0, 0.05) is 26.1 Å². The van der Waals surface area contributed by atoms with Gasteiger partial charge in [-0.05, 0) is 39.2 Å². The van der Waals surface area contributed by atoms with Crippen molar-refractivity contribution in [3.8, 4) is 0 Å². The molecule has 1 atom stereocenters. The minimum Gasteiger partial charge on any atom is -0.441 e. The molecule has 22 heavy (non-hydrogen) atoms. The quantitative estimate of drug-likeness (QED) is 0.817. The van der Waals surface area contributed by atoms with Crippen LogP contribution in [0, 0.1) is 0 Å². The number of likely N-dealkylation sites (N-methyl/N-ethyl adjacent to an activating group) is 1. The first-order valence-electron chi connectivity index (χ1n) is 8.04. The summed E-state index contributed by atoms with van der Waals surface area (Å²) < 4.78 is 11.6. The van der Waals surface area contributed by atoms with Crippen LogP contribution in [-0.2, 0) is 11.2 Å². The third kappa shape index (κ3) is 4.06. The van der Waals surface area contributed by atoms with Crippen LogP contribution in [0.15, 0.2) is 28.7 Å². The molecule has 2 heterocycles. The van der Waals surface area contributed by atoms with Gasteiger partial charge in [0.25, 0.3) is 0 Å². The molecule has 3 rings (SSSR count). The number of nitrogens with zero attached hydrogens (tertiary/aromatic N) is 3. The maximum absolute atomic E-state index is 5.81. The molecule has 5 nitrogen and oxygen atoms in total. The van der Waals surface area contributed by atoms with E-state index in [2.05, 4.69) is 28.9 Å². The van der Waals surface area contributed by atoms with Crippen molar-refractivity contribution >= 4 is 11.1 Å². The summed E-state index contributed by atoms with van der Waals surface area (Å²) in [7, 11) is 4.19. The maximum atomic E-state index is 5.81. The van der Waals surface area contributed by atoms with Crippen molar-refractivity contribution in [2.75, 3.05) is 46.9 Å². The number of aromatic nitrogens is 1. The minimum atomic E-state index is 0.327. The smallest absolute Gasteiger partial charge is 0.195 e. The molecule has 0 saturated carbocycles. The van der Waals surface area contributed by atoms with Gasteiger partial charge < -0.3 is 14.1 Å². The van der Waals surface area contributed by atoms with Crippen molar-refractivity contribution in [3.05, 3.63) is 30.2 Å². The van der Waals surface area contributed by atoms with Gasteiger partial charge in [-0.25, -0.2) is 4.98 Å². The van der Waals surface area contributed by atoms with Crippen molar-refractivity contribution in [2.24, 2.45) is 0 Å². The van der Waals surface area contributed by atoms with E-state index in [-0.39, 0.29) is 0 Å². The number of aryl methyl sites for hydroxylation is 1. The molecule has 1 aliphatic heterocycles. The highest BCUT2D eigenvalue weighted by Gasteiger charge is 2.20. The second-order valence-electron chi connectivity index (χ2n) is 6.23. The fourth-order valence-corrected chi connectivity index (χ4v) is 2.98. The molecular weight excluding hydrogens is 278 g/mol. The summed E-state index contributed by atoms with van der Waals surface area (Å²) in [6.45, 7) is 4.94. The van der Waals surface area contributed by atoms with Gasteiger partial charge in [-0.15, -0.1) is 0 Å². The van der Waals surface area contributed by atoms with Crippen molar-refractivity contribution < 1.29 is 9.15 Å². The lowest BCUT2D eigenvalue weighted by atomic mass is 10.2. The van der Waals surface area contributed by atoms with Crippen molar-refractivity contribution in [2.45, 2.75) is 18.9 Å². The Morgan fingerprint density at radius 2 is 2.18 bits per heavy atom. The molecular formula is C17H25N3O2. The van der Waals surface area contributed by atoms with E-state index < -0.39 is 0 Å². The highest BCUT2D eigenvalue weighted by atomic mass is 16.5. The molecule has 0 amide bonds. The lowest BCUT2D eigenvalue weighted by Crippen LogP contribution is -2.46. The third-order valence-corrected chi connectivity index (χ3v) is 3.99. The van der Waals surface area contributed by atoms with E-state index in [1.165, 1.54) is 0 Å². The number of morpholine rings is 1. The van der Waals surface area contributed by atoms with E-state index in [1.54, 1.807) is 0 Å². The zero-order chi connectivity index (χ0) is 15.4. The third-order valence-electron chi connectivity index (χ3n) is 3.99. The Bertz CT molecular complexity index is 563.